The predicted octanol–water partition coefficient (Wildman–Crippen LogP) is 5.12. The Labute approximate surface area is 154 Å². The van der Waals surface area contributed by atoms with Gasteiger partial charge in [0.05, 0.1) is 11.1 Å². The normalized spacial score (nSPS) is 12.0. The van der Waals surface area contributed by atoms with Gasteiger partial charge in [-0.05, 0) is 56.5 Å². The number of pyridine rings is 1. The fourth-order valence-electron chi connectivity index (χ4n) is 2.84. The van der Waals surface area contributed by atoms with Crippen LogP contribution in [0.2, 0.25) is 0 Å². The summed E-state index contributed by atoms with van der Waals surface area (Å²) in [5.41, 5.74) is 4.76. The summed E-state index contributed by atoms with van der Waals surface area (Å²) in [5, 5.41) is 7.29. The average Bonchev–Trinajstić information content (AvgIpc) is 2.63. The van der Waals surface area contributed by atoms with Crippen molar-refractivity contribution in [2.45, 2.75) is 40.2 Å². The fourth-order valence-corrected chi connectivity index (χ4v) is 2.84. The molecule has 0 saturated carbocycles. The summed E-state index contributed by atoms with van der Waals surface area (Å²) in [5.74, 6) is 0.605. The van der Waals surface area contributed by atoms with E-state index in [4.69, 9.17) is 4.98 Å². The number of para-hydroxylation sites is 1. The van der Waals surface area contributed by atoms with Crippen LogP contribution >= 0.6 is 0 Å². The van der Waals surface area contributed by atoms with Gasteiger partial charge in [0, 0.05) is 17.1 Å². The van der Waals surface area contributed by atoms with Crippen molar-refractivity contribution in [2.75, 3.05) is 5.32 Å². The van der Waals surface area contributed by atoms with E-state index in [9.17, 15) is 4.79 Å². The Hall–Kier alpha value is -2.88. The van der Waals surface area contributed by atoms with Crippen molar-refractivity contribution >= 4 is 28.3 Å². The first-order valence-electron chi connectivity index (χ1n) is 9.03. The Bertz CT molecular complexity index is 949. The first-order chi connectivity index (χ1) is 12.5. The van der Waals surface area contributed by atoms with Gasteiger partial charge in [-0.25, -0.2) is 4.98 Å². The number of hydrogen-bond acceptors (Lipinski definition) is 3. The number of anilines is 2. The van der Waals surface area contributed by atoms with Crippen LogP contribution in [0.5, 0.6) is 0 Å². The zero-order valence-corrected chi connectivity index (χ0v) is 15.8. The summed E-state index contributed by atoms with van der Waals surface area (Å²) in [6, 6.07) is 16.0. The Balaban J connectivity index is 2.04. The van der Waals surface area contributed by atoms with E-state index >= 15 is 0 Å². The lowest BCUT2D eigenvalue weighted by Gasteiger charge is -2.15. The van der Waals surface area contributed by atoms with E-state index in [0.29, 0.717) is 11.4 Å². The van der Waals surface area contributed by atoms with Crippen LogP contribution in [0.4, 0.5) is 11.5 Å². The molecule has 0 fully saturated rings. The zero-order valence-electron chi connectivity index (χ0n) is 15.8. The smallest absolute Gasteiger partial charge is 0.252 e. The van der Waals surface area contributed by atoms with Gasteiger partial charge in [0.25, 0.3) is 5.91 Å². The minimum absolute atomic E-state index is 0.0676. The van der Waals surface area contributed by atoms with Crippen LogP contribution in [0.1, 0.15) is 41.8 Å². The third-order valence-corrected chi connectivity index (χ3v) is 4.61. The highest BCUT2D eigenvalue weighted by atomic mass is 16.1. The number of fused-ring (bicyclic) bond motifs is 1. The second-order valence-electron chi connectivity index (χ2n) is 6.80. The zero-order chi connectivity index (χ0) is 18.7. The van der Waals surface area contributed by atoms with Gasteiger partial charge in [-0.15, -0.1) is 0 Å². The molecule has 0 radical (unpaired) electrons. The van der Waals surface area contributed by atoms with Crippen molar-refractivity contribution < 1.29 is 4.79 Å². The molecule has 0 aliphatic carbocycles. The molecular weight excluding hydrogens is 322 g/mol. The summed E-state index contributed by atoms with van der Waals surface area (Å²) in [6.45, 7) is 8.18. The van der Waals surface area contributed by atoms with Gasteiger partial charge in [-0.1, -0.05) is 37.3 Å². The first-order valence-corrected chi connectivity index (χ1v) is 9.03. The molecule has 0 unspecified atom stereocenters. The summed E-state index contributed by atoms with van der Waals surface area (Å²) in [4.78, 5) is 17.5. The number of carbonyl (C=O) groups is 1. The van der Waals surface area contributed by atoms with Crippen LogP contribution in [0, 0.1) is 13.8 Å². The third-order valence-electron chi connectivity index (χ3n) is 4.61. The highest BCUT2D eigenvalue weighted by molar-refractivity contribution is 6.07. The topological polar surface area (TPSA) is 54.0 Å². The molecule has 0 aliphatic rings. The van der Waals surface area contributed by atoms with Gasteiger partial charge in [0.2, 0.25) is 0 Å². The summed E-state index contributed by atoms with van der Waals surface area (Å²) in [6.07, 6.45) is 0.891. The van der Waals surface area contributed by atoms with E-state index in [1.165, 1.54) is 5.56 Å². The molecule has 26 heavy (non-hydrogen) atoms. The lowest BCUT2D eigenvalue weighted by molar-refractivity contribution is 0.0941. The van der Waals surface area contributed by atoms with Gasteiger partial charge >= 0.3 is 0 Å². The molecule has 3 aromatic rings. The predicted molar refractivity (Wildman–Crippen MR) is 108 cm³/mol. The van der Waals surface area contributed by atoms with Crippen LogP contribution in [-0.4, -0.2) is 16.9 Å². The molecule has 1 atom stereocenters. The van der Waals surface area contributed by atoms with Gasteiger partial charge in [-0.2, -0.15) is 0 Å². The van der Waals surface area contributed by atoms with Crippen LogP contribution in [0.25, 0.3) is 10.9 Å². The molecule has 0 saturated heterocycles. The molecule has 2 aromatic carbocycles. The van der Waals surface area contributed by atoms with Gasteiger partial charge < -0.3 is 10.6 Å². The van der Waals surface area contributed by atoms with Crippen molar-refractivity contribution in [3.05, 3.63) is 65.2 Å². The van der Waals surface area contributed by atoms with Gasteiger partial charge in [0.1, 0.15) is 5.82 Å². The Kier molecular flexibility index (Phi) is 5.21. The molecular formula is C22H25N3O. The number of hydrogen-bond donors (Lipinski definition) is 2. The average molecular weight is 347 g/mol. The quantitative estimate of drug-likeness (QED) is 0.673. The molecule has 2 N–H and O–H groups in total. The number of benzene rings is 2. The van der Waals surface area contributed by atoms with Crippen molar-refractivity contribution in [1.82, 2.24) is 10.3 Å². The number of aromatic nitrogens is 1. The van der Waals surface area contributed by atoms with Gasteiger partial charge in [0.15, 0.2) is 0 Å². The Morgan fingerprint density at radius 1 is 1.12 bits per heavy atom. The SMILES string of the molecule is CC[C@@H](C)NC(=O)c1cc(Nc2cc(C)ccc2C)nc2ccccc12. The minimum atomic E-state index is -0.0676. The Morgan fingerprint density at radius 2 is 1.88 bits per heavy atom. The van der Waals surface area contributed by atoms with Crippen molar-refractivity contribution in [3.63, 3.8) is 0 Å². The second kappa shape index (κ2) is 7.56. The molecule has 0 aliphatic heterocycles. The molecule has 134 valence electrons. The summed E-state index contributed by atoms with van der Waals surface area (Å²) in [7, 11) is 0. The van der Waals surface area contributed by atoms with E-state index in [2.05, 4.69) is 49.6 Å². The van der Waals surface area contributed by atoms with E-state index in [-0.39, 0.29) is 11.9 Å². The number of carbonyl (C=O) groups excluding carboxylic acids is 1. The molecule has 1 aromatic heterocycles. The largest absolute Gasteiger partial charge is 0.350 e. The molecule has 4 heteroatoms. The summed E-state index contributed by atoms with van der Waals surface area (Å²) >= 11 is 0. The van der Waals surface area contributed by atoms with Crippen LogP contribution in [-0.2, 0) is 0 Å². The van der Waals surface area contributed by atoms with Crippen LogP contribution in [0.15, 0.2) is 48.5 Å². The molecule has 0 spiro atoms. The highest BCUT2D eigenvalue weighted by Crippen LogP contribution is 2.25. The lowest BCUT2D eigenvalue weighted by Crippen LogP contribution is -2.32. The maximum Gasteiger partial charge on any atom is 0.252 e. The second-order valence-corrected chi connectivity index (χ2v) is 6.80. The molecule has 3 rings (SSSR count). The number of nitrogens with one attached hydrogen (secondary N) is 2. The van der Waals surface area contributed by atoms with Crippen LogP contribution < -0.4 is 10.6 Å². The summed E-state index contributed by atoms with van der Waals surface area (Å²) < 4.78 is 0. The van der Waals surface area contributed by atoms with Crippen molar-refractivity contribution in [1.29, 1.82) is 0 Å². The van der Waals surface area contributed by atoms with Crippen molar-refractivity contribution in [2.24, 2.45) is 0 Å². The first kappa shape index (κ1) is 17.9. The standard InChI is InChI=1S/C22H25N3O/c1-5-16(4)23-22(26)18-13-21(24-19-9-7-6-8-17(18)19)25-20-12-14(2)10-11-15(20)3/h6-13,16H,5H2,1-4H3,(H,23,26)(H,24,25)/t16-/m1/s1. The monoisotopic (exact) mass is 347 g/mol. The van der Waals surface area contributed by atoms with E-state index in [0.717, 1.165) is 28.6 Å². The number of rotatable bonds is 5. The van der Waals surface area contributed by atoms with E-state index < -0.39 is 0 Å². The minimum Gasteiger partial charge on any atom is -0.350 e. The number of aryl methyl sites for hydroxylation is 2. The number of amides is 1. The van der Waals surface area contributed by atoms with E-state index in [1.807, 2.05) is 37.3 Å². The lowest BCUT2D eigenvalue weighted by atomic mass is 10.1. The van der Waals surface area contributed by atoms with Crippen LogP contribution in [0.3, 0.4) is 0 Å². The Morgan fingerprint density at radius 3 is 2.65 bits per heavy atom. The number of nitrogens with zero attached hydrogens (tertiary/aromatic N) is 1. The molecule has 4 nitrogen and oxygen atoms in total. The van der Waals surface area contributed by atoms with Gasteiger partial charge in [-0.3, -0.25) is 4.79 Å². The van der Waals surface area contributed by atoms with E-state index in [1.54, 1.807) is 0 Å². The highest BCUT2D eigenvalue weighted by Gasteiger charge is 2.15. The molecule has 0 bridgehead atoms. The fraction of sp³-hybridized carbons (Fsp3) is 0.273. The molecule has 1 amide bonds. The maximum absolute atomic E-state index is 12.8. The third kappa shape index (κ3) is 3.85. The maximum atomic E-state index is 12.8. The molecule has 1 heterocycles. The van der Waals surface area contributed by atoms with Crippen molar-refractivity contribution in [3.8, 4) is 0 Å².